The van der Waals surface area contributed by atoms with Crippen LogP contribution >= 0.6 is 11.4 Å². The van der Waals surface area contributed by atoms with Crippen LogP contribution in [0, 0.1) is 0 Å². The third-order valence-corrected chi connectivity index (χ3v) is 9.82. The van der Waals surface area contributed by atoms with Crippen LogP contribution in [-0.4, -0.2) is 0 Å². The van der Waals surface area contributed by atoms with Gasteiger partial charge in [0.15, 0.2) is 0 Å². The standard InChI is InChI=1S/2C10H13O2PS2.3Zn/c2*1-3-8-6-5-7-10(9(8)4-2)15-13(11,12)14;;;/h2*5-7H,3-4H2,1-2H3;;;/q2*-2;3*+2. The summed E-state index contributed by atoms with van der Waals surface area (Å²) in [5.41, 5.74) is -2.81. The minimum absolute atomic E-state index is 0. The summed E-state index contributed by atoms with van der Waals surface area (Å²) < 4.78 is 0. The Labute approximate surface area is 255 Å². The summed E-state index contributed by atoms with van der Waals surface area (Å²) >= 11 is 8.83. The van der Waals surface area contributed by atoms with Crippen LogP contribution in [0.5, 0.6) is 0 Å². The molecule has 0 unspecified atom stereocenters. The Morgan fingerprint density at radius 1 is 0.606 bits per heavy atom. The first-order chi connectivity index (χ1) is 14.0. The van der Waals surface area contributed by atoms with Crippen molar-refractivity contribution in [2.24, 2.45) is 0 Å². The van der Waals surface area contributed by atoms with Crippen molar-refractivity contribution in [3.8, 4) is 0 Å². The monoisotopic (exact) mass is 712 g/mol. The molecule has 4 nitrogen and oxygen atoms in total. The van der Waals surface area contributed by atoms with E-state index in [9.17, 15) is 19.6 Å². The first-order valence-electron chi connectivity index (χ1n) is 9.60. The van der Waals surface area contributed by atoms with Crippen molar-refractivity contribution in [3.05, 3.63) is 58.7 Å². The molecule has 33 heavy (non-hydrogen) atoms. The molecule has 0 fully saturated rings. The molecule has 13 heteroatoms. The minimum Gasteiger partial charge on any atom is -0.815 e. The zero-order valence-corrected chi connectivity index (χ0v) is 33.5. The fraction of sp³-hybridized carbons (Fsp3) is 0.400. The fourth-order valence-corrected chi connectivity index (χ4v) is 8.55. The van der Waals surface area contributed by atoms with Gasteiger partial charge in [0, 0.05) is 23.3 Å². The van der Waals surface area contributed by atoms with Gasteiger partial charge in [0.2, 0.25) is 9.79 Å². The molecular weight excluding hydrogens is 691 g/mol. The maximum Gasteiger partial charge on any atom is 2.00 e. The van der Waals surface area contributed by atoms with Crippen molar-refractivity contribution in [2.75, 3.05) is 0 Å². The molecule has 0 heterocycles. The average molecular weight is 717 g/mol. The van der Waals surface area contributed by atoms with Crippen molar-refractivity contribution < 1.29 is 78.0 Å². The van der Waals surface area contributed by atoms with Gasteiger partial charge in [-0.05, 0) is 36.8 Å². The molecule has 0 saturated carbocycles. The third-order valence-electron chi connectivity index (χ3n) is 4.35. The number of benzene rings is 2. The van der Waals surface area contributed by atoms with Gasteiger partial charge in [-0.3, -0.25) is 0 Å². The molecule has 168 valence electrons. The van der Waals surface area contributed by atoms with E-state index in [-0.39, 0.29) is 58.4 Å². The van der Waals surface area contributed by atoms with Gasteiger partial charge < -0.3 is 44.1 Å². The van der Waals surface area contributed by atoms with Gasteiger partial charge in [0.05, 0.1) is 0 Å². The molecule has 0 aliphatic heterocycles. The van der Waals surface area contributed by atoms with Gasteiger partial charge in [0.25, 0.3) is 0 Å². The van der Waals surface area contributed by atoms with Crippen LogP contribution < -0.4 is 19.6 Å². The molecule has 0 aliphatic rings. The minimum atomic E-state index is -3.71. The predicted molar refractivity (Wildman–Crippen MR) is 130 cm³/mol. The van der Waals surface area contributed by atoms with Gasteiger partial charge in [0.1, 0.15) is 21.9 Å². The van der Waals surface area contributed by atoms with E-state index in [1.54, 1.807) is 0 Å². The van der Waals surface area contributed by atoms with E-state index in [2.05, 4.69) is 38.3 Å². The molecule has 2 aromatic rings. The Kier molecular flexibility index (Phi) is 23.1. The number of hydrogen-bond acceptors (Lipinski definition) is 6. The second-order valence-electron chi connectivity index (χ2n) is 6.28. The SMILES string of the molecule is CCc1cccc([S+]=P([O-])([O-])[S-])c1CC.CCc1cccc([S+]=P([O-])([O-])[S-])c1CC.[Zn+2].[Zn+2].[Zn+2]. The van der Waals surface area contributed by atoms with E-state index in [4.69, 9.17) is 0 Å². The summed E-state index contributed by atoms with van der Waals surface area (Å²) in [6.07, 6.45) is 3.50. The molecule has 0 aromatic heterocycles. The topological polar surface area (TPSA) is 92.2 Å². The molecule has 2 aromatic carbocycles. The van der Waals surface area contributed by atoms with E-state index in [1.807, 2.05) is 50.2 Å². The van der Waals surface area contributed by atoms with E-state index in [0.717, 1.165) is 68.5 Å². The smallest absolute Gasteiger partial charge is 0.815 e. The van der Waals surface area contributed by atoms with Crippen molar-refractivity contribution in [2.45, 2.75) is 63.2 Å². The maximum atomic E-state index is 11.1. The Hall–Kier alpha value is 2.15. The summed E-state index contributed by atoms with van der Waals surface area (Å²) in [6.45, 7) is 8.18. The van der Waals surface area contributed by atoms with Crippen LogP contribution in [0.2, 0.25) is 0 Å². The van der Waals surface area contributed by atoms with E-state index >= 15 is 0 Å². The Morgan fingerprint density at radius 3 is 1.12 bits per heavy atom. The second-order valence-corrected chi connectivity index (χ2v) is 17.6. The van der Waals surface area contributed by atoms with Crippen LogP contribution in [0.3, 0.4) is 0 Å². The van der Waals surface area contributed by atoms with E-state index in [0.29, 0.717) is 0 Å². The Bertz CT molecular complexity index is 872. The normalized spacial score (nSPS) is 10.5. The van der Waals surface area contributed by atoms with Gasteiger partial charge in [-0.25, -0.2) is 0 Å². The molecule has 0 saturated heterocycles. The Morgan fingerprint density at radius 2 is 0.909 bits per heavy atom. The summed E-state index contributed by atoms with van der Waals surface area (Å²) in [7, 11) is 1.59. The average Bonchev–Trinajstić information content (AvgIpc) is 2.65. The van der Waals surface area contributed by atoms with Crippen LogP contribution in [0.15, 0.2) is 46.2 Å². The summed E-state index contributed by atoms with van der Waals surface area (Å²) in [6, 6.07) is 11.5. The van der Waals surface area contributed by atoms with Crippen LogP contribution in [0.4, 0.5) is 0 Å². The predicted octanol–water partition coefficient (Wildman–Crippen LogP) is 2.39. The molecule has 0 N–H and O–H groups in total. The van der Waals surface area contributed by atoms with Crippen molar-refractivity contribution in [1.82, 2.24) is 0 Å². The number of aryl methyl sites for hydroxylation is 2. The van der Waals surface area contributed by atoms with Gasteiger partial charge >= 0.3 is 58.4 Å². The molecule has 0 spiro atoms. The molecule has 0 aliphatic carbocycles. The molecule has 0 amide bonds. The largest absolute Gasteiger partial charge is 2.00 e. The summed E-state index contributed by atoms with van der Waals surface area (Å²) in [5.74, 6) is 0. The van der Waals surface area contributed by atoms with Gasteiger partial charge in [-0.15, -0.1) is 11.4 Å². The summed E-state index contributed by atoms with van der Waals surface area (Å²) in [5, 5.41) is 0. The second kappa shape index (κ2) is 19.3. The molecule has 0 bridgehead atoms. The zero-order valence-electron chi connectivity index (χ0n) is 19.6. The van der Waals surface area contributed by atoms with Crippen molar-refractivity contribution in [1.29, 1.82) is 0 Å². The number of rotatable bonds is 6. The fourth-order valence-electron chi connectivity index (χ4n) is 3.10. The van der Waals surface area contributed by atoms with E-state index < -0.39 is 11.4 Å². The number of hydrogen-bond donors (Lipinski definition) is 0. The van der Waals surface area contributed by atoms with Crippen LogP contribution in [0.1, 0.15) is 49.9 Å². The van der Waals surface area contributed by atoms with Crippen LogP contribution in [0.25, 0.3) is 0 Å². The van der Waals surface area contributed by atoms with E-state index in [1.165, 1.54) is 11.1 Å². The van der Waals surface area contributed by atoms with Crippen molar-refractivity contribution in [3.63, 3.8) is 0 Å². The Balaban J connectivity index is -0.000000500. The van der Waals surface area contributed by atoms with Crippen LogP contribution in [-0.2, 0) is 130 Å². The first-order valence-corrected chi connectivity index (χ1v) is 17.7. The maximum absolute atomic E-state index is 11.1. The quantitative estimate of drug-likeness (QED) is 0.198. The zero-order chi connectivity index (χ0) is 22.9. The summed E-state index contributed by atoms with van der Waals surface area (Å²) in [4.78, 5) is 45.9. The van der Waals surface area contributed by atoms with Crippen molar-refractivity contribution >= 4 is 57.8 Å². The molecule has 0 radical (unpaired) electrons. The van der Waals surface area contributed by atoms with Gasteiger partial charge in [-0.2, -0.15) is 0 Å². The molecule has 0 atom stereocenters. The van der Waals surface area contributed by atoms with Gasteiger partial charge in [-0.1, -0.05) is 52.0 Å². The third kappa shape index (κ3) is 15.2. The molecular formula is C20H26O4P2S4Zn3+2. The first kappa shape index (κ1) is 39.7. The molecule has 2 rings (SSSR count).